The van der Waals surface area contributed by atoms with Gasteiger partial charge in [-0.05, 0) is 54.6 Å². The maximum atomic E-state index is 11.5. The number of nitrogens with one attached hydrogen (secondary N) is 1. The Balaban J connectivity index is 1.46. The zero-order valence-electron chi connectivity index (χ0n) is 16.1. The molecule has 0 unspecified atom stereocenters. The summed E-state index contributed by atoms with van der Waals surface area (Å²) in [5.41, 5.74) is 5.79. The lowest BCUT2D eigenvalue weighted by atomic mass is 9.92. The van der Waals surface area contributed by atoms with Crippen LogP contribution in [0.25, 0.3) is 11.1 Å². The first-order chi connectivity index (χ1) is 13.6. The van der Waals surface area contributed by atoms with Crippen molar-refractivity contribution < 1.29 is 9.90 Å². The Labute approximate surface area is 165 Å². The van der Waals surface area contributed by atoms with Crippen molar-refractivity contribution in [3.63, 3.8) is 0 Å². The van der Waals surface area contributed by atoms with Crippen molar-refractivity contribution in [1.29, 1.82) is 0 Å². The summed E-state index contributed by atoms with van der Waals surface area (Å²) in [6.45, 7) is 5.16. The standard InChI is InChI=1S/C23H25N3O2/c1-16-13-24-25-22(16)19-5-4-12-26(15-19)14-17-8-10-18(11-9-17)20-6-2-3-7-21(20)23(27)28/h2-3,6-11,13,19H,4-5,12,14-15H2,1H3,(H,24,25)(H,27,28)/t19-/m1/s1. The number of aromatic nitrogens is 2. The van der Waals surface area contributed by atoms with Crippen LogP contribution in [0.2, 0.25) is 0 Å². The molecule has 1 atom stereocenters. The van der Waals surface area contributed by atoms with Gasteiger partial charge in [0.15, 0.2) is 0 Å². The van der Waals surface area contributed by atoms with Crippen molar-refractivity contribution in [2.75, 3.05) is 13.1 Å². The molecule has 144 valence electrons. The average molecular weight is 375 g/mol. The highest BCUT2D eigenvalue weighted by Crippen LogP contribution is 2.29. The summed E-state index contributed by atoms with van der Waals surface area (Å²) in [7, 11) is 0. The van der Waals surface area contributed by atoms with E-state index in [0.717, 1.165) is 30.8 Å². The summed E-state index contributed by atoms with van der Waals surface area (Å²) < 4.78 is 0. The number of carboxylic acids is 1. The van der Waals surface area contributed by atoms with Crippen molar-refractivity contribution in [3.05, 3.63) is 77.1 Å². The van der Waals surface area contributed by atoms with Gasteiger partial charge < -0.3 is 5.11 Å². The van der Waals surface area contributed by atoms with E-state index in [-0.39, 0.29) is 0 Å². The number of hydrogen-bond donors (Lipinski definition) is 2. The number of carbonyl (C=O) groups is 1. The smallest absolute Gasteiger partial charge is 0.336 e. The lowest BCUT2D eigenvalue weighted by Gasteiger charge is -2.32. The molecule has 5 heteroatoms. The molecule has 2 N–H and O–H groups in total. The molecule has 1 aliphatic heterocycles. The molecule has 1 aromatic heterocycles. The second-order valence-electron chi connectivity index (χ2n) is 7.59. The molecule has 0 radical (unpaired) electrons. The number of likely N-dealkylation sites (tertiary alicyclic amines) is 1. The lowest BCUT2D eigenvalue weighted by Crippen LogP contribution is -2.34. The van der Waals surface area contributed by atoms with Crippen LogP contribution >= 0.6 is 0 Å². The Kier molecular flexibility index (Phi) is 5.26. The van der Waals surface area contributed by atoms with Crippen LogP contribution in [-0.4, -0.2) is 39.3 Å². The summed E-state index contributed by atoms with van der Waals surface area (Å²) in [4.78, 5) is 14.0. The van der Waals surface area contributed by atoms with Crippen LogP contribution in [0.5, 0.6) is 0 Å². The number of nitrogens with zero attached hydrogens (tertiary/aromatic N) is 2. The Morgan fingerprint density at radius 1 is 1.21 bits per heavy atom. The SMILES string of the molecule is Cc1cn[nH]c1[C@@H]1CCCN(Cc2ccc(-c3ccccc3C(=O)O)cc2)C1. The molecular weight excluding hydrogens is 350 g/mol. The molecule has 1 saturated heterocycles. The number of aromatic amines is 1. The lowest BCUT2D eigenvalue weighted by molar-refractivity contribution is 0.0697. The maximum Gasteiger partial charge on any atom is 0.336 e. The van der Waals surface area contributed by atoms with Gasteiger partial charge in [-0.1, -0.05) is 42.5 Å². The molecule has 0 aliphatic carbocycles. The number of aromatic carboxylic acids is 1. The number of piperidine rings is 1. The van der Waals surface area contributed by atoms with Crippen LogP contribution in [0.15, 0.2) is 54.7 Å². The van der Waals surface area contributed by atoms with E-state index in [0.29, 0.717) is 11.5 Å². The highest BCUT2D eigenvalue weighted by atomic mass is 16.4. The van der Waals surface area contributed by atoms with Gasteiger partial charge in [-0.25, -0.2) is 4.79 Å². The summed E-state index contributed by atoms with van der Waals surface area (Å²) in [5, 5.41) is 16.8. The van der Waals surface area contributed by atoms with Crippen LogP contribution in [0, 0.1) is 6.92 Å². The molecule has 1 aliphatic rings. The normalized spacial score (nSPS) is 17.5. The van der Waals surface area contributed by atoms with Gasteiger partial charge in [-0.15, -0.1) is 0 Å². The summed E-state index contributed by atoms with van der Waals surface area (Å²) in [5.74, 6) is -0.383. The number of hydrogen-bond acceptors (Lipinski definition) is 3. The summed E-state index contributed by atoms with van der Waals surface area (Å²) >= 11 is 0. The first-order valence-electron chi connectivity index (χ1n) is 9.75. The minimum Gasteiger partial charge on any atom is -0.478 e. The second kappa shape index (κ2) is 7.98. The molecule has 2 heterocycles. The van der Waals surface area contributed by atoms with Gasteiger partial charge in [0, 0.05) is 24.7 Å². The molecule has 3 aromatic rings. The van der Waals surface area contributed by atoms with Crippen LogP contribution in [0.4, 0.5) is 0 Å². The van der Waals surface area contributed by atoms with E-state index >= 15 is 0 Å². The molecule has 1 fully saturated rings. The Bertz CT molecular complexity index is 962. The average Bonchev–Trinajstić information content (AvgIpc) is 3.15. The summed E-state index contributed by atoms with van der Waals surface area (Å²) in [6, 6.07) is 15.4. The van der Waals surface area contributed by atoms with Gasteiger partial charge in [0.25, 0.3) is 0 Å². The van der Waals surface area contributed by atoms with E-state index in [1.807, 2.05) is 30.5 Å². The molecule has 5 nitrogen and oxygen atoms in total. The van der Waals surface area contributed by atoms with Crippen LogP contribution in [0.1, 0.15) is 45.9 Å². The van der Waals surface area contributed by atoms with Gasteiger partial charge in [0.1, 0.15) is 0 Å². The van der Waals surface area contributed by atoms with Crippen LogP contribution in [-0.2, 0) is 6.54 Å². The topological polar surface area (TPSA) is 69.2 Å². The van der Waals surface area contributed by atoms with E-state index in [9.17, 15) is 9.90 Å². The Morgan fingerprint density at radius 2 is 2.00 bits per heavy atom. The van der Waals surface area contributed by atoms with Gasteiger partial charge in [0.05, 0.1) is 11.8 Å². The molecule has 28 heavy (non-hydrogen) atoms. The fourth-order valence-electron chi connectivity index (χ4n) is 4.17. The van der Waals surface area contributed by atoms with Crippen molar-refractivity contribution in [3.8, 4) is 11.1 Å². The predicted octanol–water partition coefficient (Wildman–Crippen LogP) is 4.46. The largest absolute Gasteiger partial charge is 0.478 e. The van der Waals surface area contributed by atoms with Gasteiger partial charge in [-0.3, -0.25) is 10.00 Å². The Hall–Kier alpha value is -2.92. The van der Waals surface area contributed by atoms with E-state index in [1.54, 1.807) is 12.1 Å². The number of benzene rings is 2. The van der Waals surface area contributed by atoms with E-state index in [1.165, 1.54) is 29.7 Å². The van der Waals surface area contributed by atoms with E-state index < -0.39 is 5.97 Å². The molecular formula is C23H25N3O2. The molecule has 4 rings (SSSR count). The minimum atomic E-state index is -0.895. The first kappa shape index (κ1) is 18.4. The van der Waals surface area contributed by atoms with Gasteiger partial charge in [0.2, 0.25) is 0 Å². The fraction of sp³-hybridized carbons (Fsp3) is 0.304. The van der Waals surface area contributed by atoms with Crippen LogP contribution < -0.4 is 0 Å². The number of H-pyrrole nitrogens is 1. The number of carboxylic acid groups (broad SMARTS) is 1. The third-order valence-electron chi connectivity index (χ3n) is 5.61. The molecule has 0 bridgehead atoms. The zero-order chi connectivity index (χ0) is 19.5. The van der Waals surface area contributed by atoms with Crippen molar-refractivity contribution in [1.82, 2.24) is 15.1 Å². The van der Waals surface area contributed by atoms with Crippen molar-refractivity contribution in [2.24, 2.45) is 0 Å². The van der Waals surface area contributed by atoms with E-state index in [4.69, 9.17) is 0 Å². The van der Waals surface area contributed by atoms with Crippen molar-refractivity contribution >= 4 is 5.97 Å². The highest BCUT2D eigenvalue weighted by molar-refractivity contribution is 5.95. The maximum absolute atomic E-state index is 11.5. The first-order valence-corrected chi connectivity index (χ1v) is 9.75. The highest BCUT2D eigenvalue weighted by Gasteiger charge is 2.23. The third-order valence-corrected chi connectivity index (χ3v) is 5.61. The summed E-state index contributed by atoms with van der Waals surface area (Å²) in [6.07, 6.45) is 4.29. The monoisotopic (exact) mass is 375 g/mol. The number of aryl methyl sites for hydroxylation is 1. The molecule has 0 amide bonds. The third kappa shape index (κ3) is 3.85. The molecule has 2 aromatic carbocycles. The van der Waals surface area contributed by atoms with Crippen molar-refractivity contribution in [2.45, 2.75) is 32.2 Å². The quantitative estimate of drug-likeness (QED) is 0.691. The van der Waals surface area contributed by atoms with Gasteiger partial charge >= 0.3 is 5.97 Å². The fourth-order valence-corrected chi connectivity index (χ4v) is 4.17. The minimum absolute atomic E-state index is 0.337. The molecule has 0 saturated carbocycles. The van der Waals surface area contributed by atoms with Gasteiger partial charge in [-0.2, -0.15) is 5.10 Å². The molecule has 0 spiro atoms. The van der Waals surface area contributed by atoms with Crippen LogP contribution in [0.3, 0.4) is 0 Å². The Morgan fingerprint density at radius 3 is 2.71 bits per heavy atom. The number of rotatable bonds is 5. The zero-order valence-corrected chi connectivity index (χ0v) is 16.1. The predicted molar refractivity (Wildman–Crippen MR) is 109 cm³/mol. The van der Waals surface area contributed by atoms with E-state index in [2.05, 4.69) is 34.2 Å². The second-order valence-corrected chi connectivity index (χ2v) is 7.59.